The third kappa shape index (κ3) is 4.59. The molecule has 22 heavy (non-hydrogen) atoms. The molecule has 0 saturated carbocycles. The molecule has 8 heteroatoms. The fourth-order valence-corrected chi connectivity index (χ4v) is 4.19. The van der Waals surface area contributed by atoms with Crippen LogP contribution in [0.1, 0.15) is 36.5 Å². The number of nitrogens with two attached hydrogens (primary N) is 1. The highest BCUT2D eigenvalue weighted by molar-refractivity contribution is 7.20. The van der Waals surface area contributed by atoms with E-state index in [2.05, 4.69) is 0 Å². The van der Waals surface area contributed by atoms with Gasteiger partial charge in [0.05, 0.1) is 4.34 Å². The molecule has 0 radical (unpaired) electrons. The van der Waals surface area contributed by atoms with Crippen molar-refractivity contribution < 1.29 is 9.59 Å². The van der Waals surface area contributed by atoms with Crippen LogP contribution in [0.3, 0.4) is 0 Å². The number of nitrogens with zero attached hydrogens (tertiary/aromatic N) is 1. The molecule has 1 saturated heterocycles. The maximum absolute atomic E-state index is 12.2. The van der Waals surface area contributed by atoms with Gasteiger partial charge in [0.1, 0.15) is 4.34 Å². The van der Waals surface area contributed by atoms with Gasteiger partial charge in [-0.1, -0.05) is 23.2 Å². The number of likely N-dealkylation sites (tertiary alicyclic amines) is 1. The summed E-state index contributed by atoms with van der Waals surface area (Å²) in [6.45, 7) is 3.30. The van der Waals surface area contributed by atoms with Crippen molar-refractivity contribution in [2.45, 2.75) is 32.2 Å². The number of thiophene rings is 1. The van der Waals surface area contributed by atoms with E-state index in [1.165, 1.54) is 0 Å². The van der Waals surface area contributed by atoms with Gasteiger partial charge in [-0.3, -0.25) is 9.59 Å². The fraction of sp³-hybridized carbons (Fsp3) is 0.571. The van der Waals surface area contributed by atoms with E-state index in [0.29, 0.717) is 33.2 Å². The van der Waals surface area contributed by atoms with Gasteiger partial charge in [0.15, 0.2) is 5.78 Å². The Kier molecular flexibility index (Phi) is 7.62. The van der Waals surface area contributed by atoms with Crippen molar-refractivity contribution in [1.82, 2.24) is 4.90 Å². The van der Waals surface area contributed by atoms with Crippen molar-refractivity contribution in [3.8, 4) is 0 Å². The molecular formula is C14H19Cl3N2O2S. The zero-order valence-corrected chi connectivity index (χ0v) is 15.3. The van der Waals surface area contributed by atoms with E-state index in [-0.39, 0.29) is 43.0 Å². The molecule has 2 heterocycles. The summed E-state index contributed by atoms with van der Waals surface area (Å²) in [5.74, 6) is 0.229. The van der Waals surface area contributed by atoms with Gasteiger partial charge in [-0.05, 0) is 31.9 Å². The van der Waals surface area contributed by atoms with Gasteiger partial charge < -0.3 is 10.6 Å². The predicted octanol–water partition coefficient (Wildman–Crippen LogP) is 3.64. The largest absolute Gasteiger partial charge is 0.340 e. The molecule has 124 valence electrons. The SMILES string of the molecule is CC1CC(CN)CN1C(=O)CCC(=O)c1cc(Cl)sc1Cl.Cl. The van der Waals surface area contributed by atoms with Crippen LogP contribution in [0.25, 0.3) is 0 Å². The monoisotopic (exact) mass is 384 g/mol. The van der Waals surface area contributed by atoms with Crippen LogP contribution in [-0.4, -0.2) is 35.7 Å². The Labute approximate surface area is 150 Å². The highest BCUT2D eigenvalue weighted by atomic mass is 35.5. The zero-order chi connectivity index (χ0) is 15.6. The molecule has 1 aromatic heterocycles. The van der Waals surface area contributed by atoms with Crippen LogP contribution in [0.15, 0.2) is 6.07 Å². The summed E-state index contributed by atoms with van der Waals surface area (Å²) < 4.78 is 0.865. The Morgan fingerprint density at radius 1 is 1.41 bits per heavy atom. The summed E-state index contributed by atoms with van der Waals surface area (Å²) in [6, 6.07) is 1.75. The van der Waals surface area contributed by atoms with Gasteiger partial charge in [-0.15, -0.1) is 23.7 Å². The van der Waals surface area contributed by atoms with Crippen LogP contribution >= 0.6 is 46.9 Å². The van der Waals surface area contributed by atoms with Crippen molar-refractivity contribution in [3.63, 3.8) is 0 Å². The van der Waals surface area contributed by atoms with Gasteiger partial charge in [0.2, 0.25) is 5.91 Å². The van der Waals surface area contributed by atoms with E-state index in [1.807, 2.05) is 11.8 Å². The number of rotatable bonds is 5. The Bertz CT molecular complexity index is 550. The van der Waals surface area contributed by atoms with Gasteiger partial charge in [0.25, 0.3) is 0 Å². The van der Waals surface area contributed by atoms with Crippen molar-refractivity contribution in [2.75, 3.05) is 13.1 Å². The second-order valence-electron chi connectivity index (χ2n) is 5.39. The van der Waals surface area contributed by atoms with E-state index in [0.717, 1.165) is 17.8 Å². The van der Waals surface area contributed by atoms with Gasteiger partial charge in [-0.25, -0.2) is 0 Å². The molecule has 1 aliphatic rings. The van der Waals surface area contributed by atoms with Crippen molar-refractivity contribution in [3.05, 3.63) is 20.3 Å². The predicted molar refractivity (Wildman–Crippen MR) is 93.5 cm³/mol. The van der Waals surface area contributed by atoms with E-state index >= 15 is 0 Å². The first-order valence-corrected chi connectivity index (χ1v) is 8.47. The Hall–Kier alpha value is -0.330. The van der Waals surface area contributed by atoms with Gasteiger partial charge >= 0.3 is 0 Å². The van der Waals surface area contributed by atoms with Crippen LogP contribution in [0, 0.1) is 5.92 Å². The molecule has 0 aliphatic carbocycles. The minimum Gasteiger partial charge on any atom is -0.340 e. The van der Waals surface area contributed by atoms with Crippen LogP contribution < -0.4 is 5.73 Å². The second kappa shape index (κ2) is 8.50. The number of carbonyl (C=O) groups is 2. The third-order valence-corrected chi connectivity index (χ3v) is 5.33. The molecular weight excluding hydrogens is 367 g/mol. The van der Waals surface area contributed by atoms with Gasteiger partial charge in [-0.2, -0.15) is 0 Å². The number of ketones is 1. The second-order valence-corrected chi connectivity index (χ2v) is 7.68. The Morgan fingerprint density at radius 2 is 2.09 bits per heavy atom. The number of halogens is 3. The number of Topliss-reactive ketones (excluding diaryl/α,β-unsaturated/α-hetero) is 1. The lowest BCUT2D eigenvalue weighted by atomic mass is 10.1. The lowest BCUT2D eigenvalue weighted by Crippen LogP contribution is -2.34. The standard InChI is InChI=1S/C14H18Cl2N2O2S.ClH/c1-8-4-9(6-17)7-18(8)13(20)3-2-11(19)10-5-12(15)21-14(10)16;/h5,8-9H,2-4,6-7,17H2,1H3;1H. The lowest BCUT2D eigenvalue weighted by Gasteiger charge is -2.21. The average molecular weight is 386 g/mol. The van der Waals surface area contributed by atoms with E-state index in [4.69, 9.17) is 28.9 Å². The molecule has 1 fully saturated rings. The third-order valence-electron chi connectivity index (χ3n) is 3.84. The molecule has 1 aromatic rings. The first-order valence-electron chi connectivity index (χ1n) is 6.90. The average Bonchev–Trinajstić information content (AvgIpc) is 2.98. The van der Waals surface area contributed by atoms with Crippen molar-refractivity contribution in [1.29, 1.82) is 0 Å². The normalized spacial score (nSPS) is 20.8. The van der Waals surface area contributed by atoms with Crippen LogP contribution in [-0.2, 0) is 4.79 Å². The minimum atomic E-state index is -0.140. The summed E-state index contributed by atoms with van der Waals surface area (Å²) >= 11 is 12.9. The van der Waals surface area contributed by atoms with E-state index in [9.17, 15) is 9.59 Å². The Balaban J connectivity index is 0.00000242. The molecule has 0 bridgehead atoms. The molecule has 1 aliphatic heterocycles. The number of carbonyl (C=O) groups excluding carboxylic acids is 2. The van der Waals surface area contributed by atoms with Crippen molar-refractivity contribution in [2.24, 2.45) is 11.7 Å². The molecule has 2 unspecified atom stereocenters. The summed E-state index contributed by atoms with van der Waals surface area (Å²) in [5.41, 5.74) is 6.07. The number of amides is 1. The topological polar surface area (TPSA) is 63.4 Å². The minimum absolute atomic E-state index is 0. The summed E-state index contributed by atoms with van der Waals surface area (Å²) in [4.78, 5) is 26.1. The Morgan fingerprint density at radius 3 is 2.59 bits per heavy atom. The number of hydrogen-bond donors (Lipinski definition) is 1. The quantitative estimate of drug-likeness (QED) is 0.787. The van der Waals surface area contributed by atoms with Crippen LogP contribution in [0.2, 0.25) is 8.67 Å². The molecule has 4 nitrogen and oxygen atoms in total. The first kappa shape index (κ1) is 19.7. The van der Waals surface area contributed by atoms with E-state index < -0.39 is 0 Å². The van der Waals surface area contributed by atoms with Crippen molar-refractivity contribution >= 4 is 58.6 Å². The molecule has 0 aromatic carbocycles. The highest BCUT2D eigenvalue weighted by Crippen LogP contribution is 2.32. The lowest BCUT2D eigenvalue weighted by molar-refractivity contribution is -0.131. The highest BCUT2D eigenvalue weighted by Gasteiger charge is 2.31. The summed E-state index contributed by atoms with van der Waals surface area (Å²) in [5, 5.41) is 0. The zero-order valence-electron chi connectivity index (χ0n) is 12.2. The van der Waals surface area contributed by atoms with Crippen LogP contribution in [0.5, 0.6) is 0 Å². The molecule has 2 rings (SSSR count). The van der Waals surface area contributed by atoms with Crippen LogP contribution in [0.4, 0.5) is 0 Å². The maximum atomic E-state index is 12.2. The molecule has 2 atom stereocenters. The smallest absolute Gasteiger partial charge is 0.223 e. The molecule has 1 amide bonds. The summed E-state index contributed by atoms with van der Waals surface area (Å²) in [6.07, 6.45) is 1.29. The van der Waals surface area contributed by atoms with Gasteiger partial charge in [0, 0.05) is 31.0 Å². The molecule has 0 spiro atoms. The summed E-state index contributed by atoms with van der Waals surface area (Å²) in [7, 11) is 0. The molecule has 2 N–H and O–H groups in total. The maximum Gasteiger partial charge on any atom is 0.223 e. The fourth-order valence-electron chi connectivity index (χ4n) is 2.69. The van der Waals surface area contributed by atoms with E-state index in [1.54, 1.807) is 6.07 Å². The first-order chi connectivity index (χ1) is 9.92. The number of hydrogen-bond acceptors (Lipinski definition) is 4.